The summed E-state index contributed by atoms with van der Waals surface area (Å²) >= 11 is 0. The van der Waals surface area contributed by atoms with Crippen molar-refractivity contribution in [3.8, 4) is 0 Å². The first-order valence-corrected chi connectivity index (χ1v) is 3.85. The molecule has 0 fully saturated rings. The molecule has 0 saturated carbocycles. The van der Waals surface area contributed by atoms with Crippen LogP contribution in [0.1, 0.15) is 5.56 Å². The Morgan fingerprint density at radius 2 is 1.46 bits per heavy atom. The topological polar surface area (TPSA) is 80.9 Å². The number of benzene rings is 1. The number of hydrogen-bond acceptors (Lipinski definition) is 4. The Labute approximate surface area is 76.8 Å². The zero-order valence-electron chi connectivity index (χ0n) is 7.18. The van der Waals surface area contributed by atoms with Gasteiger partial charge in [0.15, 0.2) is 0 Å². The molecule has 0 atom stereocenters. The first-order valence-electron chi connectivity index (χ1n) is 3.85. The van der Waals surface area contributed by atoms with Crippen molar-refractivity contribution in [1.82, 2.24) is 0 Å². The van der Waals surface area contributed by atoms with Crippen molar-refractivity contribution in [3.05, 3.63) is 23.8 Å². The molecule has 0 aliphatic carbocycles. The third kappa shape index (κ3) is 2.32. The third-order valence-corrected chi connectivity index (χ3v) is 1.80. The van der Waals surface area contributed by atoms with Crippen molar-refractivity contribution in [3.63, 3.8) is 0 Å². The van der Waals surface area contributed by atoms with Gasteiger partial charge in [-0.25, -0.2) is 0 Å². The molecule has 4 N–H and O–H groups in total. The van der Waals surface area contributed by atoms with Crippen LogP contribution in [0.5, 0.6) is 0 Å². The van der Waals surface area contributed by atoms with Crippen LogP contribution in [-0.2, 0) is 0 Å². The average molecular weight is 180 g/mol. The van der Waals surface area contributed by atoms with Gasteiger partial charge in [0, 0.05) is 0 Å². The summed E-state index contributed by atoms with van der Waals surface area (Å²) in [7, 11) is -3.37. The molecule has 0 saturated heterocycles. The van der Waals surface area contributed by atoms with Crippen LogP contribution in [0, 0.1) is 6.92 Å². The second kappa shape index (κ2) is 3.93. The molecule has 0 radical (unpaired) electrons. The maximum Gasteiger partial charge on any atom is 0.488 e. The van der Waals surface area contributed by atoms with Crippen LogP contribution in [0.2, 0.25) is 0 Å². The largest absolute Gasteiger partial charge is 0.488 e. The van der Waals surface area contributed by atoms with Crippen molar-refractivity contribution >= 4 is 25.2 Å². The van der Waals surface area contributed by atoms with Gasteiger partial charge in [-0.15, -0.1) is 0 Å². The molecule has 0 amide bonds. The van der Waals surface area contributed by atoms with Crippen molar-refractivity contribution in [2.45, 2.75) is 6.92 Å². The number of aryl methyl sites for hydroxylation is 1. The van der Waals surface area contributed by atoms with Crippen LogP contribution in [0.25, 0.3) is 0 Å². The number of hydrogen-bond donors (Lipinski definition) is 4. The van der Waals surface area contributed by atoms with E-state index in [4.69, 9.17) is 20.1 Å². The summed E-state index contributed by atoms with van der Waals surface area (Å²) in [6.45, 7) is 1.78. The van der Waals surface area contributed by atoms with E-state index in [1.165, 1.54) is 12.1 Å². The summed E-state index contributed by atoms with van der Waals surface area (Å²) in [5.74, 6) is 0. The van der Waals surface area contributed by atoms with Crippen molar-refractivity contribution in [1.29, 1.82) is 0 Å². The summed E-state index contributed by atoms with van der Waals surface area (Å²) < 4.78 is 0. The van der Waals surface area contributed by atoms with Crippen molar-refractivity contribution in [2.24, 2.45) is 0 Å². The molecular formula is C7H10B2O4. The van der Waals surface area contributed by atoms with Crippen LogP contribution < -0.4 is 10.9 Å². The molecule has 0 aromatic heterocycles. The Morgan fingerprint density at radius 1 is 0.923 bits per heavy atom. The summed E-state index contributed by atoms with van der Waals surface area (Å²) in [6.07, 6.45) is 0. The Kier molecular flexibility index (Phi) is 3.11. The van der Waals surface area contributed by atoms with Gasteiger partial charge in [-0.3, -0.25) is 0 Å². The van der Waals surface area contributed by atoms with E-state index in [2.05, 4.69) is 0 Å². The van der Waals surface area contributed by atoms with E-state index >= 15 is 0 Å². The highest BCUT2D eigenvalue weighted by Gasteiger charge is 2.22. The summed E-state index contributed by atoms with van der Waals surface area (Å²) in [5, 5.41) is 35.6. The van der Waals surface area contributed by atoms with E-state index in [9.17, 15) is 0 Å². The molecule has 68 valence electrons. The van der Waals surface area contributed by atoms with E-state index in [-0.39, 0.29) is 10.9 Å². The zero-order valence-corrected chi connectivity index (χ0v) is 7.18. The predicted molar refractivity (Wildman–Crippen MR) is 50.8 cm³/mol. The lowest BCUT2D eigenvalue weighted by molar-refractivity contribution is 0.419. The first kappa shape index (κ1) is 10.3. The highest BCUT2D eigenvalue weighted by atomic mass is 16.4. The van der Waals surface area contributed by atoms with Crippen molar-refractivity contribution < 1.29 is 20.1 Å². The van der Waals surface area contributed by atoms with Gasteiger partial charge in [0.2, 0.25) is 0 Å². The minimum Gasteiger partial charge on any atom is -0.423 e. The summed E-state index contributed by atoms with van der Waals surface area (Å²) in [6, 6.07) is 4.62. The molecule has 4 nitrogen and oxygen atoms in total. The van der Waals surface area contributed by atoms with Crippen LogP contribution in [0.15, 0.2) is 18.2 Å². The Hall–Kier alpha value is -0.810. The molecule has 1 aromatic carbocycles. The van der Waals surface area contributed by atoms with E-state index in [1.807, 2.05) is 0 Å². The Morgan fingerprint density at radius 3 is 1.92 bits per heavy atom. The highest BCUT2D eigenvalue weighted by molar-refractivity contribution is 6.71. The van der Waals surface area contributed by atoms with Gasteiger partial charge in [0.25, 0.3) is 0 Å². The van der Waals surface area contributed by atoms with Gasteiger partial charge in [0.1, 0.15) is 0 Å². The molecule has 0 heterocycles. The first-order chi connectivity index (χ1) is 6.02. The molecule has 1 aromatic rings. The minimum absolute atomic E-state index is 0.112. The van der Waals surface area contributed by atoms with Crippen LogP contribution in [0.3, 0.4) is 0 Å². The smallest absolute Gasteiger partial charge is 0.423 e. The lowest BCUT2D eigenvalue weighted by Crippen LogP contribution is -2.49. The molecule has 0 spiro atoms. The average Bonchev–Trinajstić information content (AvgIpc) is 2.03. The van der Waals surface area contributed by atoms with E-state index in [1.54, 1.807) is 13.0 Å². The van der Waals surface area contributed by atoms with Gasteiger partial charge in [0.05, 0.1) is 0 Å². The van der Waals surface area contributed by atoms with Crippen LogP contribution in [0.4, 0.5) is 0 Å². The minimum atomic E-state index is -1.68. The van der Waals surface area contributed by atoms with Gasteiger partial charge in [-0.1, -0.05) is 23.8 Å². The monoisotopic (exact) mass is 180 g/mol. The lowest BCUT2D eigenvalue weighted by Gasteiger charge is -2.08. The standard InChI is InChI=1S/C7H10B2O4/c1-5-2-3-6(8(10)11)7(4-5)9(12)13/h2-4,10-13H,1H3. The maximum absolute atomic E-state index is 8.91. The molecule has 0 unspecified atom stereocenters. The molecule has 13 heavy (non-hydrogen) atoms. The van der Waals surface area contributed by atoms with E-state index in [0.717, 1.165) is 5.56 Å². The fraction of sp³-hybridized carbons (Fsp3) is 0.143. The second-order valence-electron chi connectivity index (χ2n) is 2.88. The fourth-order valence-corrected chi connectivity index (χ4v) is 1.15. The Balaban J connectivity index is 3.19. The van der Waals surface area contributed by atoms with Crippen molar-refractivity contribution in [2.75, 3.05) is 0 Å². The van der Waals surface area contributed by atoms with Gasteiger partial charge in [-0.2, -0.15) is 0 Å². The SMILES string of the molecule is Cc1ccc(B(O)O)c(B(O)O)c1. The molecule has 6 heteroatoms. The maximum atomic E-state index is 8.91. The molecular weight excluding hydrogens is 170 g/mol. The van der Waals surface area contributed by atoms with Gasteiger partial charge < -0.3 is 20.1 Å². The fourth-order valence-electron chi connectivity index (χ4n) is 1.15. The third-order valence-electron chi connectivity index (χ3n) is 1.80. The highest BCUT2D eigenvalue weighted by Crippen LogP contribution is 1.92. The second-order valence-corrected chi connectivity index (χ2v) is 2.88. The summed E-state index contributed by atoms with van der Waals surface area (Å²) in [5.41, 5.74) is 1.06. The van der Waals surface area contributed by atoms with E-state index in [0.29, 0.717) is 0 Å². The lowest BCUT2D eigenvalue weighted by atomic mass is 9.65. The van der Waals surface area contributed by atoms with Crippen LogP contribution in [-0.4, -0.2) is 34.3 Å². The normalized spacial score (nSPS) is 9.92. The molecule has 0 bridgehead atoms. The van der Waals surface area contributed by atoms with Gasteiger partial charge >= 0.3 is 14.2 Å². The van der Waals surface area contributed by atoms with Gasteiger partial charge in [-0.05, 0) is 17.8 Å². The zero-order chi connectivity index (χ0) is 10.0. The van der Waals surface area contributed by atoms with Crippen LogP contribution >= 0.6 is 0 Å². The molecule has 0 aliphatic rings. The quantitative estimate of drug-likeness (QED) is 0.374. The summed E-state index contributed by atoms with van der Waals surface area (Å²) in [4.78, 5) is 0. The molecule has 0 aliphatic heterocycles. The predicted octanol–water partition coefficient (Wildman–Crippen LogP) is -2.65. The number of rotatable bonds is 2. The molecule has 1 rings (SSSR count). The Bertz CT molecular complexity index is 301. The van der Waals surface area contributed by atoms with E-state index < -0.39 is 14.2 Å².